The molecule has 0 aliphatic heterocycles. The summed E-state index contributed by atoms with van der Waals surface area (Å²) in [6, 6.07) is 1.21. The maximum Gasteiger partial charge on any atom is 0.328 e. The molecule has 0 spiro atoms. The van der Waals surface area contributed by atoms with Crippen molar-refractivity contribution >= 4 is 27.5 Å². The molecular weight excluding hydrogens is 300 g/mol. The Morgan fingerprint density at radius 1 is 1.41 bits per heavy atom. The van der Waals surface area contributed by atoms with Gasteiger partial charge < -0.3 is 4.74 Å². The zero-order valence-electron chi connectivity index (χ0n) is 13.3. The van der Waals surface area contributed by atoms with E-state index in [1.54, 1.807) is 6.92 Å². The van der Waals surface area contributed by atoms with Crippen molar-refractivity contribution in [1.82, 2.24) is 9.55 Å². The number of thiophene rings is 1. The molecule has 0 fully saturated rings. The Morgan fingerprint density at radius 2 is 2.18 bits per heavy atom. The number of aryl methyl sites for hydroxylation is 1. The van der Waals surface area contributed by atoms with Gasteiger partial charge in [0, 0.05) is 4.88 Å². The number of nitrogens with zero attached hydrogens (tertiary/aromatic N) is 2. The van der Waals surface area contributed by atoms with Crippen LogP contribution in [0.1, 0.15) is 51.0 Å². The van der Waals surface area contributed by atoms with Crippen molar-refractivity contribution in [3.8, 4) is 0 Å². The number of aromatic nitrogens is 2. The number of ether oxygens (including phenoxy) is 1. The summed E-state index contributed by atoms with van der Waals surface area (Å²) >= 11 is 1.52. The Bertz CT molecular complexity index is 705. The summed E-state index contributed by atoms with van der Waals surface area (Å²) in [5.41, 5.74) is -0.182. The first-order chi connectivity index (χ1) is 10.6. The first-order valence-electron chi connectivity index (χ1n) is 7.74. The maximum absolute atomic E-state index is 12.5. The molecule has 2 aromatic rings. The van der Waals surface area contributed by atoms with Crippen LogP contribution in [0.5, 0.6) is 0 Å². The second-order valence-corrected chi connectivity index (χ2v) is 6.41. The quantitative estimate of drug-likeness (QED) is 0.579. The van der Waals surface area contributed by atoms with Crippen LogP contribution in [-0.2, 0) is 16.0 Å². The van der Waals surface area contributed by atoms with Gasteiger partial charge in [-0.15, -0.1) is 11.3 Å². The van der Waals surface area contributed by atoms with E-state index in [0.29, 0.717) is 12.0 Å². The highest BCUT2D eigenvalue weighted by Gasteiger charge is 2.19. The zero-order valence-corrected chi connectivity index (χ0v) is 14.1. The van der Waals surface area contributed by atoms with Crippen LogP contribution >= 0.6 is 11.3 Å². The highest BCUT2D eigenvalue weighted by molar-refractivity contribution is 7.18. The molecule has 0 aliphatic rings. The SMILES string of the molecule is CCCCCOC(=O)[C@H](C)n1cnc2sc(CC)cc2c1=O. The lowest BCUT2D eigenvalue weighted by atomic mass is 10.2. The van der Waals surface area contributed by atoms with E-state index in [0.717, 1.165) is 35.4 Å². The molecule has 0 aliphatic carbocycles. The Labute approximate surface area is 133 Å². The van der Waals surface area contributed by atoms with E-state index in [9.17, 15) is 9.59 Å². The monoisotopic (exact) mass is 322 g/mol. The van der Waals surface area contributed by atoms with E-state index < -0.39 is 6.04 Å². The molecule has 6 heteroatoms. The third-order valence-electron chi connectivity index (χ3n) is 3.63. The predicted molar refractivity (Wildman–Crippen MR) is 88.5 cm³/mol. The molecule has 0 bridgehead atoms. The van der Waals surface area contributed by atoms with E-state index in [4.69, 9.17) is 4.74 Å². The summed E-state index contributed by atoms with van der Waals surface area (Å²) < 4.78 is 6.59. The average Bonchev–Trinajstić information content (AvgIpc) is 2.95. The third kappa shape index (κ3) is 3.55. The number of unbranched alkanes of at least 4 members (excludes halogenated alkanes) is 2. The molecule has 22 heavy (non-hydrogen) atoms. The molecule has 0 amide bonds. The van der Waals surface area contributed by atoms with Crippen molar-refractivity contribution in [2.45, 2.75) is 52.5 Å². The largest absolute Gasteiger partial charge is 0.464 e. The van der Waals surface area contributed by atoms with Gasteiger partial charge in [0.25, 0.3) is 5.56 Å². The molecule has 120 valence electrons. The fraction of sp³-hybridized carbons (Fsp3) is 0.562. The number of carbonyl (C=O) groups is 1. The maximum atomic E-state index is 12.5. The van der Waals surface area contributed by atoms with Gasteiger partial charge in [0.05, 0.1) is 18.3 Å². The second kappa shape index (κ2) is 7.54. The number of hydrogen-bond acceptors (Lipinski definition) is 5. The van der Waals surface area contributed by atoms with E-state index in [2.05, 4.69) is 11.9 Å². The van der Waals surface area contributed by atoms with Crippen LogP contribution in [0.15, 0.2) is 17.2 Å². The molecule has 0 aromatic carbocycles. The summed E-state index contributed by atoms with van der Waals surface area (Å²) in [5, 5.41) is 0.579. The second-order valence-electron chi connectivity index (χ2n) is 5.29. The molecule has 1 atom stereocenters. The molecule has 2 heterocycles. The minimum absolute atomic E-state index is 0.182. The van der Waals surface area contributed by atoms with Crippen LogP contribution in [0.25, 0.3) is 10.2 Å². The van der Waals surface area contributed by atoms with Crippen LogP contribution in [-0.4, -0.2) is 22.1 Å². The lowest BCUT2D eigenvalue weighted by Crippen LogP contribution is -2.29. The number of rotatable bonds is 7. The van der Waals surface area contributed by atoms with Gasteiger partial charge in [0.2, 0.25) is 0 Å². The number of fused-ring (bicyclic) bond motifs is 1. The lowest BCUT2D eigenvalue weighted by molar-refractivity contribution is -0.147. The third-order valence-corrected chi connectivity index (χ3v) is 4.81. The predicted octanol–water partition coefficient (Wildman–Crippen LogP) is 3.31. The molecule has 0 saturated heterocycles. The normalized spacial score (nSPS) is 12.5. The van der Waals surface area contributed by atoms with Gasteiger partial charge in [-0.1, -0.05) is 26.7 Å². The van der Waals surface area contributed by atoms with Crippen LogP contribution in [0.3, 0.4) is 0 Å². The van der Waals surface area contributed by atoms with Crippen molar-refractivity contribution in [1.29, 1.82) is 0 Å². The molecule has 0 N–H and O–H groups in total. The van der Waals surface area contributed by atoms with Crippen molar-refractivity contribution in [2.75, 3.05) is 6.61 Å². The van der Waals surface area contributed by atoms with Gasteiger partial charge in [0.1, 0.15) is 10.9 Å². The van der Waals surface area contributed by atoms with Crippen molar-refractivity contribution in [3.05, 3.63) is 27.6 Å². The van der Waals surface area contributed by atoms with E-state index in [1.807, 2.05) is 13.0 Å². The molecule has 2 aromatic heterocycles. The van der Waals surface area contributed by atoms with Crippen molar-refractivity contribution < 1.29 is 9.53 Å². The Balaban J connectivity index is 2.17. The Hall–Kier alpha value is -1.69. The van der Waals surface area contributed by atoms with Gasteiger partial charge in [-0.3, -0.25) is 9.36 Å². The first-order valence-corrected chi connectivity index (χ1v) is 8.56. The standard InChI is InChI=1S/C16H22N2O3S/c1-4-6-7-8-21-16(20)11(3)18-10-17-14-13(15(18)19)9-12(5-2)22-14/h9-11H,4-8H2,1-3H3/t11-/m0/s1. The molecule has 5 nitrogen and oxygen atoms in total. The molecule has 0 saturated carbocycles. The fourth-order valence-electron chi connectivity index (χ4n) is 2.20. The average molecular weight is 322 g/mol. The van der Waals surface area contributed by atoms with Gasteiger partial charge in [0.15, 0.2) is 0 Å². The van der Waals surface area contributed by atoms with E-state index >= 15 is 0 Å². The summed E-state index contributed by atoms with van der Waals surface area (Å²) in [7, 11) is 0. The molecule has 0 unspecified atom stereocenters. The summed E-state index contributed by atoms with van der Waals surface area (Å²) in [6.45, 7) is 6.21. The molecule has 2 rings (SSSR count). The Kier molecular flexibility index (Phi) is 5.71. The minimum Gasteiger partial charge on any atom is -0.464 e. The molecule has 0 radical (unpaired) electrons. The van der Waals surface area contributed by atoms with E-state index in [1.165, 1.54) is 22.2 Å². The summed E-state index contributed by atoms with van der Waals surface area (Å²) in [5.74, 6) is -0.384. The lowest BCUT2D eigenvalue weighted by Gasteiger charge is -2.13. The smallest absolute Gasteiger partial charge is 0.328 e. The number of carbonyl (C=O) groups excluding carboxylic acids is 1. The Morgan fingerprint density at radius 3 is 2.86 bits per heavy atom. The van der Waals surface area contributed by atoms with Gasteiger partial charge in [-0.2, -0.15) is 0 Å². The fourth-order valence-corrected chi connectivity index (χ4v) is 3.12. The van der Waals surface area contributed by atoms with Crippen LogP contribution in [0.2, 0.25) is 0 Å². The van der Waals surface area contributed by atoms with E-state index in [-0.39, 0.29) is 11.5 Å². The zero-order chi connectivity index (χ0) is 16.1. The van der Waals surface area contributed by atoms with Gasteiger partial charge in [-0.25, -0.2) is 9.78 Å². The highest BCUT2D eigenvalue weighted by atomic mass is 32.1. The number of esters is 1. The summed E-state index contributed by atoms with van der Waals surface area (Å²) in [6.07, 6.45) is 5.27. The summed E-state index contributed by atoms with van der Waals surface area (Å²) in [4.78, 5) is 30.7. The first kappa shape index (κ1) is 16.7. The van der Waals surface area contributed by atoms with Crippen LogP contribution in [0.4, 0.5) is 0 Å². The topological polar surface area (TPSA) is 61.2 Å². The van der Waals surface area contributed by atoms with Gasteiger partial charge >= 0.3 is 5.97 Å². The van der Waals surface area contributed by atoms with Gasteiger partial charge in [-0.05, 0) is 25.8 Å². The van der Waals surface area contributed by atoms with Crippen LogP contribution < -0.4 is 5.56 Å². The highest BCUT2D eigenvalue weighted by Crippen LogP contribution is 2.21. The van der Waals surface area contributed by atoms with Crippen molar-refractivity contribution in [3.63, 3.8) is 0 Å². The minimum atomic E-state index is -0.656. The number of hydrogen-bond donors (Lipinski definition) is 0. The molecular formula is C16H22N2O3S. The van der Waals surface area contributed by atoms with Crippen LogP contribution in [0, 0.1) is 0 Å². The van der Waals surface area contributed by atoms with Crippen molar-refractivity contribution in [2.24, 2.45) is 0 Å².